The van der Waals surface area contributed by atoms with Gasteiger partial charge in [-0.15, -0.1) is 13.2 Å². The van der Waals surface area contributed by atoms with Crippen molar-refractivity contribution >= 4 is 39.5 Å². The first kappa shape index (κ1) is 18.2. The van der Waals surface area contributed by atoms with Crippen LogP contribution < -0.4 is 0 Å². The summed E-state index contributed by atoms with van der Waals surface area (Å²) in [6.45, 7) is 6.83. The summed E-state index contributed by atoms with van der Waals surface area (Å²) >= 11 is 0. The fourth-order valence-corrected chi connectivity index (χ4v) is 2.51. The quantitative estimate of drug-likeness (QED) is 0.383. The lowest BCUT2D eigenvalue weighted by Gasteiger charge is -2.09. The maximum Gasteiger partial charge on any atom is 0.257 e. The molecule has 0 aliphatic rings. The average Bonchev–Trinajstić information content (AvgIpc) is 2.12. The summed E-state index contributed by atoms with van der Waals surface area (Å²) in [6, 6.07) is 0. The summed E-state index contributed by atoms with van der Waals surface area (Å²) in [7, 11) is 2.21. The van der Waals surface area contributed by atoms with Crippen molar-refractivity contribution in [2.24, 2.45) is 0 Å². The van der Waals surface area contributed by atoms with Crippen molar-refractivity contribution in [3.63, 3.8) is 0 Å². The van der Waals surface area contributed by atoms with Gasteiger partial charge in [-0.2, -0.15) is 0 Å². The van der Waals surface area contributed by atoms with E-state index >= 15 is 0 Å². The molecular formula is C10H12Cl2O5S2. The molecule has 0 atom stereocenters. The monoisotopic (exact) mass is 346 g/mol. The Morgan fingerprint density at radius 2 is 1.21 bits per heavy atom. The molecule has 0 rings (SSSR count). The largest absolute Gasteiger partial charge is 0.464 e. The van der Waals surface area contributed by atoms with Crippen LogP contribution in [0.4, 0.5) is 0 Å². The van der Waals surface area contributed by atoms with Crippen molar-refractivity contribution in [1.29, 1.82) is 0 Å². The molecule has 0 aliphatic carbocycles. The minimum absolute atomic E-state index is 0.0444. The van der Waals surface area contributed by atoms with Gasteiger partial charge >= 0.3 is 0 Å². The number of rotatable bonds is 8. The Morgan fingerprint density at radius 1 is 0.895 bits per heavy atom. The number of ether oxygens (including phenoxy) is 1. The van der Waals surface area contributed by atoms with E-state index < -0.39 is 18.1 Å². The molecule has 0 unspecified atom stereocenters. The molecule has 0 aromatic heterocycles. The standard InChI is InChI=1S/C10H12Cl2O5S2/c1-3-5-9(7-18(11,13)14)17-10(6-4-2)8-19(12,15)16/h3-4,7-8H,1-2,5-6H2. The Morgan fingerprint density at radius 3 is 1.42 bits per heavy atom. The molecule has 0 spiro atoms. The van der Waals surface area contributed by atoms with Crippen LogP contribution in [0.5, 0.6) is 0 Å². The molecule has 19 heavy (non-hydrogen) atoms. The van der Waals surface area contributed by atoms with Gasteiger partial charge in [0.15, 0.2) is 0 Å². The van der Waals surface area contributed by atoms with Gasteiger partial charge < -0.3 is 4.74 Å². The molecule has 0 aliphatic heterocycles. The van der Waals surface area contributed by atoms with Crippen molar-refractivity contribution in [1.82, 2.24) is 0 Å². The SMILES string of the molecule is C=CCC(=CS(=O)(=O)Cl)OC(=CS(=O)(=O)Cl)CC=C. The Labute approximate surface area is 121 Å². The van der Waals surface area contributed by atoms with Gasteiger partial charge in [0, 0.05) is 34.2 Å². The van der Waals surface area contributed by atoms with Gasteiger partial charge in [-0.3, -0.25) is 0 Å². The maximum atomic E-state index is 10.9. The van der Waals surface area contributed by atoms with Gasteiger partial charge in [-0.05, 0) is 0 Å². The molecule has 0 N–H and O–H groups in total. The van der Waals surface area contributed by atoms with E-state index in [1.165, 1.54) is 12.2 Å². The van der Waals surface area contributed by atoms with Crippen LogP contribution in [0.1, 0.15) is 12.8 Å². The zero-order chi connectivity index (χ0) is 15.1. The highest BCUT2D eigenvalue weighted by molar-refractivity contribution is 8.16. The highest BCUT2D eigenvalue weighted by Gasteiger charge is 2.10. The second-order valence-corrected chi connectivity index (χ2v) is 8.16. The van der Waals surface area contributed by atoms with Crippen LogP contribution in [0.2, 0.25) is 0 Å². The van der Waals surface area contributed by atoms with Gasteiger partial charge in [0.2, 0.25) is 0 Å². The minimum atomic E-state index is -3.95. The molecular weight excluding hydrogens is 335 g/mol. The molecule has 0 radical (unpaired) electrons. The van der Waals surface area contributed by atoms with Crippen LogP contribution in [-0.2, 0) is 22.8 Å². The van der Waals surface area contributed by atoms with E-state index in [1.807, 2.05) is 0 Å². The third-order valence-corrected chi connectivity index (χ3v) is 3.12. The maximum absolute atomic E-state index is 10.9. The summed E-state index contributed by atoms with van der Waals surface area (Å²) in [4.78, 5) is 0. The van der Waals surface area contributed by atoms with Crippen molar-refractivity contribution in [3.8, 4) is 0 Å². The number of hydrogen-bond acceptors (Lipinski definition) is 5. The van der Waals surface area contributed by atoms with Crippen LogP contribution in [0, 0.1) is 0 Å². The molecule has 9 heteroatoms. The second kappa shape index (κ2) is 7.74. The molecule has 0 fully saturated rings. The fourth-order valence-electron chi connectivity index (χ4n) is 0.995. The molecule has 5 nitrogen and oxygen atoms in total. The van der Waals surface area contributed by atoms with Crippen molar-refractivity contribution in [2.45, 2.75) is 12.8 Å². The predicted octanol–water partition coefficient (Wildman–Crippen LogP) is 2.98. The topological polar surface area (TPSA) is 77.5 Å². The van der Waals surface area contributed by atoms with E-state index in [-0.39, 0.29) is 24.4 Å². The fraction of sp³-hybridized carbons (Fsp3) is 0.200. The number of allylic oxidation sites excluding steroid dienone is 2. The molecule has 0 aromatic carbocycles. The Balaban J connectivity index is 5.40. The zero-order valence-corrected chi connectivity index (χ0v) is 12.9. The van der Waals surface area contributed by atoms with E-state index in [4.69, 9.17) is 26.1 Å². The molecule has 0 saturated carbocycles. The summed E-state index contributed by atoms with van der Waals surface area (Å²) in [6.07, 6.45) is 2.83. The Hall–Kier alpha value is -0.760. The van der Waals surface area contributed by atoms with Gasteiger partial charge in [0.25, 0.3) is 18.1 Å². The van der Waals surface area contributed by atoms with Crippen LogP contribution in [0.15, 0.2) is 47.6 Å². The average molecular weight is 347 g/mol. The minimum Gasteiger partial charge on any atom is -0.464 e. The van der Waals surface area contributed by atoms with Crippen molar-refractivity contribution < 1.29 is 21.6 Å². The molecule has 0 aromatic rings. The number of halogens is 2. The molecule has 0 bridgehead atoms. The van der Waals surface area contributed by atoms with Crippen molar-refractivity contribution in [2.75, 3.05) is 0 Å². The smallest absolute Gasteiger partial charge is 0.257 e. The van der Waals surface area contributed by atoms with E-state index in [0.29, 0.717) is 10.8 Å². The summed E-state index contributed by atoms with van der Waals surface area (Å²) in [5.41, 5.74) is 0. The third kappa shape index (κ3) is 10.8. The summed E-state index contributed by atoms with van der Waals surface area (Å²) < 4.78 is 48.9. The predicted molar refractivity (Wildman–Crippen MR) is 76.4 cm³/mol. The molecule has 0 heterocycles. The number of hydrogen-bond donors (Lipinski definition) is 0. The van der Waals surface area contributed by atoms with Gasteiger partial charge in [-0.1, -0.05) is 12.2 Å². The first-order valence-corrected chi connectivity index (χ1v) is 9.52. The van der Waals surface area contributed by atoms with Crippen LogP contribution in [-0.4, -0.2) is 16.8 Å². The Bertz CT molecular complexity index is 546. The summed E-state index contributed by atoms with van der Waals surface area (Å²) in [5, 5.41) is 1.32. The lowest BCUT2D eigenvalue weighted by Crippen LogP contribution is -1.97. The highest BCUT2D eigenvalue weighted by atomic mass is 35.7. The normalized spacial score (nSPS) is 14.0. The van der Waals surface area contributed by atoms with E-state index in [1.54, 1.807) is 0 Å². The first-order chi connectivity index (χ1) is 8.57. The molecule has 0 saturated heterocycles. The van der Waals surface area contributed by atoms with Gasteiger partial charge in [0.1, 0.15) is 11.5 Å². The summed E-state index contributed by atoms with van der Waals surface area (Å²) in [5.74, 6) is -0.170. The van der Waals surface area contributed by atoms with E-state index in [2.05, 4.69) is 13.2 Å². The van der Waals surface area contributed by atoms with E-state index in [9.17, 15) is 16.8 Å². The van der Waals surface area contributed by atoms with Crippen LogP contribution in [0.3, 0.4) is 0 Å². The highest BCUT2D eigenvalue weighted by Crippen LogP contribution is 2.19. The van der Waals surface area contributed by atoms with E-state index in [0.717, 1.165) is 0 Å². The zero-order valence-electron chi connectivity index (χ0n) is 9.75. The Kier molecular flexibility index (Phi) is 7.43. The van der Waals surface area contributed by atoms with Crippen molar-refractivity contribution in [3.05, 3.63) is 47.6 Å². The second-order valence-electron chi connectivity index (χ2n) is 3.21. The third-order valence-electron chi connectivity index (χ3n) is 1.50. The first-order valence-electron chi connectivity index (χ1n) is 4.77. The lowest BCUT2D eigenvalue weighted by molar-refractivity contribution is 0.293. The molecule has 108 valence electrons. The van der Waals surface area contributed by atoms with Crippen LogP contribution >= 0.6 is 21.4 Å². The molecule has 0 amide bonds. The van der Waals surface area contributed by atoms with Gasteiger partial charge in [-0.25, -0.2) is 16.8 Å². The van der Waals surface area contributed by atoms with Crippen LogP contribution in [0.25, 0.3) is 0 Å². The lowest BCUT2D eigenvalue weighted by atomic mass is 10.3. The van der Waals surface area contributed by atoms with Gasteiger partial charge in [0.05, 0.1) is 10.8 Å².